The first-order valence-electron chi connectivity index (χ1n) is 10.6. The summed E-state index contributed by atoms with van der Waals surface area (Å²) in [6.07, 6.45) is 1.25. The summed E-state index contributed by atoms with van der Waals surface area (Å²) in [5, 5.41) is 4.58. The number of hydrogen-bond donors (Lipinski definition) is 0. The van der Waals surface area contributed by atoms with E-state index in [1.807, 2.05) is 6.92 Å². The highest BCUT2D eigenvalue weighted by Gasteiger charge is 2.34. The highest BCUT2D eigenvalue weighted by molar-refractivity contribution is 7.89. The van der Waals surface area contributed by atoms with Crippen molar-refractivity contribution >= 4 is 27.5 Å². The molecule has 2 heterocycles. The first-order chi connectivity index (χ1) is 15.7. The van der Waals surface area contributed by atoms with E-state index in [4.69, 9.17) is 16.1 Å². The van der Waals surface area contributed by atoms with Crippen LogP contribution in [0.25, 0.3) is 11.4 Å². The summed E-state index contributed by atoms with van der Waals surface area (Å²) < 4.78 is 32.8. The smallest absolute Gasteiger partial charge is 0.246 e. The molecule has 2 aromatic carbocycles. The fourth-order valence-electron chi connectivity index (χ4n) is 3.85. The largest absolute Gasteiger partial charge is 0.337 e. The van der Waals surface area contributed by atoms with Gasteiger partial charge in [0, 0.05) is 30.7 Å². The molecule has 1 fully saturated rings. The van der Waals surface area contributed by atoms with Gasteiger partial charge in [0.25, 0.3) is 0 Å². The average Bonchev–Trinajstić information content (AvgIpc) is 3.27. The number of aryl methyl sites for hydroxylation is 1. The van der Waals surface area contributed by atoms with E-state index in [1.54, 1.807) is 55.6 Å². The van der Waals surface area contributed by atoms with Crippen molar-refractivity contribution in [3.8, 4) is 11.4 Å². The molecule has 0 bridgehead atoms. The molecule has 3 aromatic rings. The van der Waals surface area contributed by atoms with E-state index in [0.717, 1.165) is 11.1 Å². The summed E-state index contributed by atoms with van der Waals surface area (Å²) in [6.45, 7) is 2.60. The van der Waals surface area contributed by atoms with Crippen molar-refractivity contribution in [2.45, 2.75) is 31.2 Å². The van der Waals surface area contributed by atoms with Crippen LogP contribution in [0, 0.1) is 12.8 Å². The molecule has 0 N–H and O–H groups in total. The Bertz CT molecular complexity index is 1230. The predicted octanol–water partition coefficient (Wildman–Crippen LogP) is 3.76. The van der Waals surface area contributed by atoms with Crippen molar-refractivity contribution in [3.05, 3.63) is 65.0 Å². The van der Waals surface area contributed by atoms with E-state index in [2.05, 4.69) is 10.1 Å². The number of piperidine rings is 1. The molecule has 0 unspecified atom stereocenters. The minimum atomic E-state index is -3.65. The van der Waals surface area contributed by atoms with E-state index >= 15 is 0 Å². The Hall–Kier alpha value is -2.75. The highest BCUT2D eigenvalue weighted by Crippen LogP contribution is 2.26. The molecule has 8 nitrogen and oxygen atoms in total. The molecule has 1 aliphatic heterocycles. The van der Waals surface area contributed by atoms with Gasteiger partial charge in [-0.3, -0.25) is 4.79 Å². The number of rotatable bonds is 6. The first-order valence-corrected chi connectivity index (χ1v) is 12.5. The van der Waals surface area contributed by atoms with Crippen molar-refractivity contribution in [1.82, 2.24) is 19.3 Å². The molecular weight excluding hydrogens is 464 g/mol. The Morgan fingerprint density at radius 3 is 2.58 bits per heavy atom. The van der Waals surface area contributed by atoms with Crippen LogP contribution in [0.5, 0.6) is 0 Å². The fourth-order valence-corrected chi connectivity index (χ4v) is 5.50. The van der Waals surface area contributed by atoms with Crippen LogP contribution in [0.4, 0.5) is 0 Å². The van der Waals surface area contributed by atoms with Crippen molar-refractivity contribution in [2.24, 2.45) is 5.92 Å². The third kappa shape index (κ3) is 5.26. The maximum Gasteiger partial charge on any atom is 0.246 e. The van der Waals surface area contributed by atoms with Gasteiger partial charge in [0.05, 0.1) is 17.4 Å². The molecule has 10 heteroatoms. The fraction of sp³-hybridized carbons (Fsp3) is 0.348. The molecule has 1 saturated heterocycles. The molecular formula is C23H25ClN4O4S. The van der Waals surface area contributed by atoms with E-state index in [1.165, 1.54) is 9.21 Å². The Morgan fingerprint density at radius 2 is 1.88 bits per heavy atom. The number of amides is 1. The van der Waals surface area contributed by atoms with Gasteiger partial charge in [-0.05, 0) is 56.2 Å². The van der Waals surface area contributed by atoms with Crippen LogP contribution in [0.1, 0.15) is 24.3 Å². The second-order valence-electron chi connectivity index (χ2n) is 8.23. The van der Waals surface area contributed by atoms with Gasteiger partial charge in [0.2, 0.25) is 27.6 Å². The number of carbonyl (C=O) groups excluding carboxylic acids is 1. The molecule has 1 atom stereocenters. The number of halogens is 1. The van der Waals surface area contributed by atoms with Crippen LogP contribution in [-0.4, -0.2) is 53.8 Å². The van der Waals surface area contributed by atoms with Crippen LogP contribution in [0.2, 0.25) is 5.02 Å². The van der Waals surface area contributed by atoms with Gasteiger partial charge >= 0.3 is 0 Å². The second-order valence-corrected chi connectivity index (χ2v) is 10.6. The van der Waals surface area contributed by atoms with Gasteiger partial charge in [-0.15, -0.1) is 0 Å². The Labute approximate surface area is 198 Å². The maximum atomic E-state index is 13.1. The summed E-state index contributed by atoms with van der Waals surface area (Å²) in [5.41, 5.74) is 1.75. The number of benzene rings is 2. The summed E-state index contributed by atoms with van der Waals surface area (Å²) in [5.74, 6) is 0.138. The monoisotopic (exact) mass is 488 g/mol. The third-order valence-corrected chi connectivity index (χ3v) is 7.84. The van der Waals surface area contributed by atoms with E-state index in [9.17, 15) is 13.2 Å². The molecule has 4 rings (SSSR count). The van der Waals surface area contributed by atoms with Gasteiger partial charge in [0.1, 0.15) is 0 Å². The lowest BCUT2D eigenvalue weighted by Gasteiger charge is -2.33. The number of aromatic nitrogens is 2. The Kier molecular flexibility index (Phi) is 6.83. The number of nitrogens with zero attached hydrogens (tertiary/aromatic N) is 4. The molecule has 0 aliphatic carbocycles. The summed E-state index contributed by atoms with van der Waals surface area (Å²) >= 11 is 5.91. The zero-order chi connectivity index (χ0) is 23.6. The minimum Gasteiger partial charge on any atom is -0.337 e. The lowest BCUT2D eigenvalue weighted by atomic mass is 9.98. The predicted molar refractivity (Wildman–Crippen MR) is 124 cm³/mol. The zero-order valence-electron chi connectivity index (χ0n) is 18.4. The minimum absolute atomic E-state index is 0.140. The normalized spacial score (nSPS) is 17.1. The highest BCUT2D eigenvalue weighted by atomic mass is 35.5. The SMILES string of the molecule is Cc1ccc(S(=O)(=O)N2CCC[C@H](C(=O)N(C)Cc3nc(-c4ccc(Cl)cc4)no3)C2)cc1. The Morgan fingerprint density at radius 1 is 1.18 bits per heavy atom. The second kappa shape index (κ2) is 9.62. The van der Waals surface area contributed by atoms with Crippen LogP contribution in [0.15, 0.2) is 57.9 Å². The van der Waals surface area contributed by atoms with Crippen molar-refractivity contribution < 1.29 is 17.7 Å². The van der Waals surface area contributed by atoms with Crippen LogP contribution in [-0.2, 0) is 21.4 Å². The van der Waals surface area contributed by atoms with E-state index < -0.39 is 15.9 Å². The van der Waals surface area contributed by atoms with Gasteiger partial charge < -0.3 is 9.42 Å². The average molecular weight is 489 g/mol. The zero-order valence-corrected chi connectivity index (χ0v) is 20.0. The van der Waals surface area contributed by atoms with E-state index in [-0.39, 0.29) is 23.9 Å². The molecule has 0 spiro atoms. The summed E-state index contributed by atoms with van der Waals surface area (Å²) in [7, 11) is -1.99. The molecule has 0 radical (unpaired) electrons. The number of carbonyl (C=O) groups is 1. The van der Waals surface area contributed by atoms with Gasteiger partial charge in [0.15, 0.2) is 0 Å². The van der Waals surface area contributed by atoms with Gasteiger partial charge in [-0.25, -0.2) is 8.42 Å². The molecule has 0 saturated carbocycles. The van der Waals surface area contributed by atoms with Gasteiger partial charge in [-0.2, -0.15) is 9.29 Å². The van der Waals surface area contributed by atoms with Crippen LogP contribution >= 0.6 is 11.6 Å². The number of hydrogen-bond acceptors (Lipinski definition) is 6. The molecule has 174 valence electrons. The van der Waals surface area contributed by atoms with Crippen LogP contribution in [0.3, 0.4) is 0 Å². The summed E-state index contributed by atoms with van der Waals surface area (Å²) in [6, 6.07) is 13.8. The van der Waals surface area contributed by atoms with E-state index in [0.29, 0.717) is 36.1 Å². The molecule has 1 amide bonds. The number of sulfonamides is 1. The Balaban J connectivity index is 1.41. The lowest BCUT2D eigenvalue weighted by molar-refractivity contribution is -0.136. The quantitative estimate of drug-likeness (QED) is 0.524. The first kappa shape index (κ1) is 23.4. The maximum absolute atomic E-state index is 13.1. The van der Waals surface area contributed by atoms with Crippen molar-refractivity contribution in [1.29, 1.82) is 0 Å². The third-order valence-electron chi connectivity index (χ3n) is 5.71. The molecule has 33 heavy (non-hydrogen) atoms. The van der Waals surface area contributed by atoms with Crippen molar-refractivity contribution in [3.63, 3.8) is 0 Å². The summed E-state index contributed by atoms with van der Waals surface area (Å²) in [4.78, 5) is 19.2. The standard InChI is InChI=1S/C23H25ClN4O4S/c1-16-5-11-20(12-6-16)33(30,31)28-13-3-4-18(14-28)23(29)27(2)15-21-25-22(26-32-21)17-7-9-19(24)10-8-17/h5-12,18H,3-4,13-15H2,1-2H3/t18-/m0/s1. The van der Waals surface area contributed by atoms with Gasteiger partial charge in [-0.1, -0.05) is 34.5 Å². The van der Waals surface area contributed by atoms with Crippen LogP contribution < -0.4 is 0 Å². The molecule has 1 aromatic heterocycles. The van der Waals surface area contributed by atoms with Crippen molar-refractivity contribution in [2.75, 3.05) is 20.1 Å². The molecule has 1 aliphatic rings. The lowest BCUT2D eigenvalue weighted by Crippen LogP contribution is -2.45. The topological polar surface area (TPSA) is 96.6 Å².